The van der Waals surface area contributed by atoms with Crippen LogP contribution < -0.4 is 4.90 Å². The van der Waals surface area contributed by atoms with Crippen LogP contribution in [0.2, 0.25) is 0 Å². The van der Waals surface area contributed by atoms with Crippen molar-refractivity contribution in [2.45, 2.75) is 22.6 Å². The lowest BCUT2D eigenvalue weighted by Crippen LogP contribution is -2.53. The quantitative estimate of drug-likeness (QED) is 0.619. The maximum atomic E-state index is 14.1. The highest BCUT2D eigenvalue weighted by Gasteiger charge is 2.70. The summed E-state index contributed by atoms with van der Waals surface area (Å²) in [6.07, 6.45) is 8.02. The van der Waals surface area contributed by atoms with Gasteiger partial charge in [-0.15, -0.1) is 11.8 Å². The lowest BCUT2D eigenvalue weighted by Gasteiger charge is -2.35. The van der Waals surface area contributed by atoms with E-state index in [1.54, 1.807) is 21.6 Å². The van der Waals surface area contributed by atoms with Gasteiger partial charge in [-0.2, -0.15) is 0 Å². The number of amides is 3. The maximum absolute atomic E-state index is 14.1. The molecule has 0 saturated carbocycles. The van der Waals surface area contributed by atoms with Gasteiger partial charge < -0.3 is 19.8 Å². The minimum absolute atomic E-state index is 0.0604. The zero-order chi connectivity index (χ0) is 25.6. The molecule has 1 spiro atoms. The van der Waals surface area contributed by atoms with E-state index in [1.165, 1.54) is 4.90 Å². The molecule has 7 nitrogen and oxygen atoms in total. The van der Waals surface area contributed by atoms with Crippen molar-refractivity contribution in [3.05, 3.63) is 90.5 Å². The van der Waals surface area contributed by atoms with E-state index < -0.39 is 22.6 Å². The fraction of sp³-hybridized carbons (Fsp3) is 0.345. The monoisotopic (exact) mass is 515 g/mol. The van der Waals surface area contributed by atoms with Crippen LogP contribution in [0.3, 0.4) is 0 Å². The summed E-state index contributed by atoms with van der Waals surface area (Å²) in [5, 5.41) is 9.63. The molecule has 5 atom stereocenters. The van der Waals surface area contributed by atoms with E-state index in [9.17, 15) is 19.5 Å². The summed E-state index contributed by atoms with van der Waals surface area (Å²) >= 11 is 1.56. The van der Waals surface area contributed by atoms with Gasteiger partial charge in [-0.3, -0.25) is 14.4 Å². The van der Waals surface area contributed by atoms with Crippen molar-refractivity contribution in [1.29, 1.82) is 0 Å². The second kappa shape index (κ2) is 9.50. The van der Waals surface area contributed by atoms with Gasteiger partial charge in [-0.05, 0) is 17.7 Å². The molecule has 8 heteroatoms. The molecule has 6 rings (SSSR count). The second-order valence-electron chi connectivity index (χ2n) is 9.92. The van der Waals surface area contributed by atoms with Crippen LogP contribution in [0.5, 0.6) is 0 Å². The van der Waals surface area contributed by atoms with Crippen molar-refractivity contribution in [3.8, 4) is 0 Å². The van der Waals surface area contributed by atoms with E-state index >= 15 is 0 Å². The van der Waals surface area contributed by atoms with Crippen molar-refractivity contribution >= 4 is 35.2 Å². The lowest BCUT2D eigenvalue weighted by molar-refractivity contribution is -0.143. The summed E-state index contributed by atoms with van der Waals surface area (Å²) in [4.78, 5) is 47.2. The molecule has 0 radical (unpaired) electrons. The van der Waals surface area contributed by atoms with Gasteiger partial charge >= 0.3 is 0 Å². The topological polar surface area (TPSA) is 81.2 Å². The van der Waals surface area contributed by atoms with Gasteiger partial charge in [0.1, 0.15) is 6.04 Å². The number of likely N-dealkylation sites (tertiary alicyclic amines) is 1. The number of aliphatic hydroxyl groups is 1. The molecule has 2 saturated heterocycles. The Hall–Kier alpha value is -3.36. The van der Waals surface area contributed by atoms with Gasteiger partial charge in [0, 0.05) is 37.1 Å². The SMILES string of the molecule is O=C1C2N(CCO)C(=O)[C@@H]3[C@@H]4C(=O)N(c5ccccc5)CC=C[C@@H]4S[C@]23C=CCN1Cc1ccccc1. The van der Waals surface area contributed by atoms with Crippen molar-refractivity contribution in [2.75, 3.05) is 31.1 Å². The molecule has 2 fully saturated rings. The number of hydrogen-bond acceptors (Lipinski definition) is 5. The summed E-state index contributed by atoms with van der Waals surface area (Å²) in [7, 11) is 0. The third kappa shape index (κ3) is 3.81. The normalized spacial score (nSPS) is 30.7. The number of fused-ring (bicyclic) bond motifs is 2. The van der Waals surface area contributed by atoms with E-state index in [1.807, 2.05) is 85.0 Å². The van der Waals surface area contributed by atoms with Crippen LogP contribution in [-0.4, -0.2) is 74.9 Å². The number of hydrogen-bond donors (Lipinski definition) is 1. The van der Waals surface area contributed by atoms with Crippen molar-refractivity contribution in [1.82, 2.24) is 9.80 Å². The first-order valence-corrected chi connectivity index (χ1v) is 13.6. The zero-order valence-electron chi connectivity index (χ0n) is 20.3. The fourth-order valence-electron chi connectivity index (χ4n) is 6.32. The molecule has 4 heterocycles. The van der Waals surface area contributed by atoms with Crippen molar-refractivity contribution in [2.24, 2.45) is 11.8 Å². The number of β-amino-alcohol motifs (C(OH)–C–C–N with tert-alkyl or cyclic N) is 1. The molecule has 0 aliphatic carbocycles. The number of para-hydroxylation sites is 1. The molecule has 4 aliphatic heterocycles. The first-order valence-electron chi connectivity index (χ1n) is 12.7. The zero-order valence-corrected chi connectivity index (χ0v) is 21.2. The van der Waals surface area contributed by atoms with E-state index in [4.69, 9.17) is 0 Å². The third-order valence-corrected chi connectivity index (χ3v) is 9.61. The molecule has 2 aromatic carbocycles. The van der Waals surface area contributed by atoms with Crippen LogP contribution in [0.4, 0.5) is 5.69 Å². The van der Waals surface area contributed by atoms with Crippen LogP contribution in [-0.2, 0) is 20.9 Å². The van der Waals surface area contributed by atoms with Gasteiger partial charge in [0.25, 0.3) is 0 Å². The molecule has 3 amide bonds. The molecule has 0 bridgehead atoms. The van der Waals surface area contributed by atoms with Gasteiger partial charge in [-0.25, -0.2) is 0 Å². The highest BCUT2D eigenvalue weighted by atomic mass is 32.2. The van der Waals surface area contributed by atoms with Crippen LogP contribution in [0.15, 0.2) is 85.0 Å². The molecule has 37 heavy (non-hydrogen) atoms. The number of thioether (sulfide) groups is 1. The minimum Gasteiger partial charge on any atom is -0.395 e. The number of carbonyl (C=O) groups is 3. The molecule has 1 unspecified atom stereocenters. The second-order valence-corrected chi connectivity index (χ2v) is 11.4. The summed E-state index contributed by atoms with van der Waals surface area (Å²) in [5.41, 5.74) is 1.80. The molecule has 2 aromatic rings. The predicted octanol–water partition coefficient (Wildman–Crippen LogP) is 2.48. The molecular weight excluding hydrogens is 486 g/mol. The summed E-state index contributed by atoms with van der Waals surface area (Å²) in [6.45, 7) is 1.11. The smallest absolute Gasteiger partial charge is 0.247 e. The first-order chi connectivity index (χ1) is 18.0. The summed E-state index contributed by atoms with van der Waals surface area (Å²) in [5.74, 6) is -1.74. The Balaban J connectivity index is 1.40. The summed E-state index contributed by atoms with van der Waals surface area (Å²) in [6, 6.07) is 18.5. The van der Waals surface area contributed by atoms with E-state index in [0.717, 1.165) is 11.3 Å². The average Bonchev–Trinajstić information content (AvgIpc) is 3.22. The Labute approximate surface area is 220 Å². The Kier molecular flexibility index (Phi) is 6.16. The Morgan fingerprint density at radius 1 is 0.892 bits per heavy atom. The fourth-order valence-corrected chi connectivity index (χ4v) is 8.32. The number of benzene rings is 2. The highest BCUT2D eigenvalue weighted by molar-refractivity contribution is 8.02. The number of rotatable bonds is 5. The van der Waals surface area contributed by atoms with E-state index in [0.29, 0.717) is 19.6 Å². The number of aliphatic hydroxyl groups excluding tert-OH is 1. The van der Waals surface area contributed by atoms with Crippen molar-refractivity contribution < 1.29 is 19.5 Å². The molecule has 190 valence electrons. The standard InChI is InChI=1S/C29H29N3O4S/c33-18-17-32-25-28(36)30(19-20-9-3-1-4-10-20)15-8-14-29(25)24(27(32)35)23-22(37-29)13-7-16-31(26(23)34)21-11-5-2-6-12-21/h1-14,22-25,33H,15-19H2/t22-,23+,24-,25?,29-/m0/s1. The van der Waals surface area contributed by atoms with E-state index in [-0.39, 0.29) is 36.1 Å². The molecule has 4 aliphatic rings. The minimum atomic E-state index is -0.871. The number of anilines is 1. The Morgan fingerprint density at radius 2 is 1.62 bits per heavy atom. The largest absolute Gasteiger partial charge is 0.395 e. The van der Waals surface area contributed by atoms with Crippen LogP contribution >= 0.6 is 11.8 Å². The maximum Gasteiger partial charge on any atom is 0.247 e. The molecule has 1 N–H and O–H groups in total. The Bertz CT molecular complexity index is 1270. The first kappa shape index (κ1) is 24.0. The number of nitrogens with zero attached hydrogens (tertiary/aromatic N) is 3. The van der Waals surface area contributed by atoms with Gasteiger partial charge in [0.2, 0.25) is 17.7 Å². The number of carbonyl (C=O) groups excluding carboxylic acids is 3. The van der Waals surface area contributed by atoms with Gasteiger partial charge in [0.05, 0.1) is 23.2 Å². The predicted molar refractivity (Wildman–Crippen MR) is 143 cm³/mol. The van der Waals surface area contributed by atoms with Gasteiger partial charge in [-0.1, -0.05) is 72.8 Å². The molecular formula is C29H29N3O4S. The Morgan fingerprint density at radius 3 is 2.35 bits per heavy atom. The third-order valence-electron chi connectivity index (χ3n) is 7.87. The average molecular weight is 516 g/mol. The van der Waals surface area contributed by atoms with Crippen LogP contribution in [0, 0.1) is 11.8 Å². The lowest BCUT2D eigenvalue weighted by atomic mass is 9.78. The summed E-state index contributed by atoms with van der Waals surface area (Å²) < 4.78 is -0.871. The van der Waals surface area contributed by atoms with Gasteiger partial charge in [0.15, 0.2) is 0 Å². The van der Waals surface area contributed by atoms with Crippen LogP contribution in [0.1, 0.15) is 5.56 Å². The van der Waals surface area contributed by atoms with E-state index in [2.05, 4.69) is 0 Å². The van der Waals surface area contributed by atoms with Crippen LogP contribution in [0.25, 0.3) is 0 Å². The highest BCUT2D eigenvalue weighted by Crippen LogP contribution is 2.61. The van der Waals surface area contributed by atoms with Crippen molar-refractivity contribution in [3.63, 3.8) is 0 Å². The molecule has 0 aromatic heterocycles.